The number of hydrogen-bond donors (Lipinski definition) is 1. The molecule has 0 spiro atoms. The van der Waals surface area contributed by atoms with E-state index in [9.17, 15) is 14.7 Å². The molecule has 34 heavy (non-hydrogen) atoms. The lowest BCUT2D eigenvalue weighted by Gasteiger charge is -2.34. The SMILES string of the molecule is CCOC(=O)c1c(CN2CCN(C(=O)OCC)CC2)n(-c2ccccc2)c2ccc(O)cc12.Cl. The van der Waals surface area contributed by atoms with E-state index in [0.29, 0.717) is 50.3 Å². The number of phenolic OH excluding ortho intramolecular Hbond substituents is 1. The number of aromatic nitrogens is 1. The summed E-state index contributed by atoms with van der Waals surface area (Å²) in [6.45, 7) is 7.10. The highest BCUT2D eigenvalue weighted by molar-refractivity contribution is 6.07. The molecule has 0 atom stereocenters. The van der Waals surface area contributed by atoms with Crippen molar-refractivity contribution in [2.45, 2.75) is 20.4 Å². The Bertz CT molecular complexity index is 1140. The Hall–Kier alpha value is -3.23. The second-order valence-corrected chi connectivity index (χ2v) is 7.88. The van der Waals surface area contributed by atoms with E-state index in [-0.39, 0.29) is 30.9 Å². The van der Waals surface area contributed by atoms with Crippen molar-refractivity contribution in [2.24, 2.45) is 0 Å². The Morgan fingerprint density at radius 1 is 0.941 bits per heavy atom. The number of para-hydroxylation sites is 1. The first-order valence-corrected chi connectivity index (χ1v) is 11.3. The number of carbonyl (C=O) groups is 2. The molecule has 2 aromatic carbocycles. The molecule has 8 nitrogen and oxygen atoms in total. The molecular formula is C25H30ClN3O5. The number of esters is 1. The maximum absolute atomic E-state index is 13.1. The number of fused-ring (bicyclic) bond motifs is 1. The molecule has 0 radical (unpaired) electrons. The van der Waals surface area contributed by atoms with Crippen LogP contribution in [0.1, 0.15) is 29.9 Å². The van der Waals surface area contributed by atoms with Crippen molar-refractivity contribution < 1.29 is 24.2 Å². The Morgan fingerprint density at radius 2 is 1.62 bits per heavy atom. The molecule has 1 saturated heterocycles. The van der Waals surface area contributed by atoms with Gasteiger partial charge in [0.1, 0.15) is 5.75 Å². The number of halogens is 1. The first-order valence-electron chi connectivity index (χ1n) is 11.3. The highest BCUT2D eigenvalue weighted by atomic mass is 35.5. The molecule has 1 N–H and O–H groups in total. The van der Waals surface area contributed by atoms with Crippen LogP contribution in [0.15, 0.2) is 48.5 Å². The molecule has 0 saturated carbocycles. The van der Waals surface area contributed by atoms with Gasteiger partial charge in [-0.05, 0) is 44.2 Å². The van der Waals surface area contributed by atoms with Gasteiger partial charge in [0.05, 0.1) is 30.0 Å². The minimum atomic E-state index is -0.414. The summed E-state index contributed by atoms with van der Waals surface area (Å²) >= 11 is 0. The Balaban J connectivity index is 0.00000324. The van der Waals surface area contributed by atoms with Crippen molar-refractivity contribution in [1.82, 2.24) is 14.4 Å². The number of rotatable bonds is 6. The van der Waals surface area contributed by atoms with Crippen molar-refractivity contribution in [3.05, 3.63) is 59.8 Å². The number of carbonyl (C=O) groups excluding carboxylic acids is 2. The van der Waals surface area contributed by atoms with E-state index < -0.39 is 5.97 Å². The molecule has 1 aromatic heterocycles. The van der Waals surface area contributed by atoms with Crippen LogP contribution in [0.3, 0.4) is 0 Å². The zero-order valence-electron chi connectivity index (χ0n) is 19.4. The maximum atomic E-state index is 13.1. The van der Waals surface area contributed by atoms with Crippen molar-refractivity contribution in [3.63, 3.8) is 0 Å². The van der Waals surface area contributed by atoms with Crippen LogP contribution in [0.5, 0.6) is 5.75 Å². The molecule has 9 heteroatoms. The summed E-state index contributed by atoms with van der Waals surface area (Å²) in [6.07, 6.45) is -0.293. The zero-order valence-corrected chi connectivity index (χ0v) is 20.2. The Morgan fingerprint density at radius 3 is 2.26 bits per heavy atom. The van der Waals surface area contributed by atoms with Crippen molar-refractivity contribution in [2.75, 3.05) is 39.4 Å². The van der Waals surface area contributed by atoms with Gasteiger partial charge in [-0.1, -0.05) is 18.2 Å². The third kappa shape index (κ3) is 5.13. The van der Waals surface area contributed by atoms with E-state index in [0.717, 1.165) is 16.9 Å². The summed E-state index contributed by atoms with van der Waals surface area (Å²) < 4.78 is 12.6. The van der Waals surface area contributed by atoms with Gasteiger partial charge in [0.15, 0.2) is 0 Å². The molecule has 182 valence electrons. The summed E-state index contributed by atoms with van der Waals surface area (Å²) in [6, 6.07) is 14.9. The van der Waals surface area contributed by atoms with E-state index >= 15 is 0 Å². The first kappa shape index (κ1) is 25.4. The normalized spacial score (nSPS) is 14.0. The van der Waals surface area contributed by atoms with Crippen LogP contribution in [0, 0.1) is 0 Å². The quantitative estimate of drug-likeness (QED) is 0.524. The minimum absolute atomic E-state index is 0. The molecule has 1 fully saturated rings. The van der Waals surface area contributed by atoms with Crippen LogP contribution >= 0.6 is 12.4 Å². The lowest BCUT2D eigenvalue weighted by atomic mass is 10.1. The molecule has 4 rings (SSSR count). The summed E-state index contributed by atoms with van der Waals surface area (Å²) in [7, 11) is 0. The van der Waals surface area contributed by atoms with Gasteiger partial charge in [-0.3, -0.25) is 4.90 Å². The van der Waals surface area contributed by atoms with Gasteiger partial charge in [0, 0.05) is 43.8 Å². The molecule has 1 aliphatic heterocycles. The van der Waals surface area contributed by atoms with Gasteiger partial charge in [0.25, 0.3) is 0 Å². The highest BCUT2D eigenvalue weighted by Gasteiger charge is 2.28. The topological polar surface area (TPSA) is 84.2 Å². The van der Waals surface area contributed by atoms with Gasteiger partial charge in [0.2, 0.25) is 0 Å². The highest BCUT2D eigenvalue weighted by Crippen LogP contribution is 2.33. The van der Waals surface area contributed by atoms with Gasteiger partial charge >= 0.3 is 12.1 Å². The predicted octanol–water partition coefficient (Wildman–Crippen LogP) is 4.21. The average Bonchev–Trinajstić information content (AvgIpc) is 3.13. The first-order chi connectivity index (χ1) is 16.0. The molecule has 0 aliphatic carbocycles. The standard InChI is InChI=1S/C25H29N3O5.ClH/c1-3-32-24(30)23-20-16-19(29)10-11-21(20)28(18-8-6-5-7-9-18)22(23)17-26-12-14-27(15-13-26)25(31)33-4-2;/h5-11,16,29H,3-4,12-15,17H2,1-2H3;1H. The molecule has 1 amide bonds. The number of benzene rings is 2. The monoisotopic (exact) mass is 487 g/mol. The van der Waals surface area contributed by atoms with E-state index in [2.05, 4.69) is 9.47 Å². The van der Waals surface area contributed by atoms with Crippen molar-refractivity contribution in [3.8, 4) is 11.4 Å². The van der Waals surface area contributed by atoms with Gasteiger partial charge in [-0.15, -0.1) is 12.4 Å². The lowest BCUT2D eigenvalue weighted by Crippen LogP contribution is -2.48. The molecule has 2 heterocycles. The molecule has 1 aliphatic rings. The zero-order chi connectivity index (χ0) is 23.4. The number of nitrogens with zero attached hydrogens (tertiary/aromatic N) is 3. The van der Waals surface area contributed by atoms with Crippen LogP contribution in [-0.2, 0) is 16.0 Å². The van der Waals surface area contributed by atoms with Crippen molar-refractivity contribution in [1.29, 1.82) is 0 Å². The van der Waals surface area contributed by atoms with Gasteiger partial charge < -0.3 is 24.0 Å². The number of piperazine rings is 1. The molecule has 0 bridgehead atoms. The van der Waals surface area contributed by atoms with Crippen LogP contribution in [0.4, 0.5) is 4.79 Å². The van der Waals surface area contributed by atoms with E-state index in [4.69, 9.17) is 9.47 Å². The smallest absolute Gasteiger partial charge is 0.409 e. The lowest BCUT2D eigenvalue weighted by molar-refractivity contribution is 0.0524. The van der Waals surface area contributed by atoms with E-state index in [1.807, 2.05) is 36.4 Å². The number of ether oxygens (including phenoxy) is 2. The summed E-state index contributed by atoms with van der Waals surface area (Å²) in [5.41, 5.74) is 3.00. The number of phenols is 1. The van der Waals surface area contributed by atoms with Crippen LogP contribution in [-0.4, -0.2) is 70.9 Å². The number of hydrogen-bond acceptors (Lipinski definition) is 6. The Labute approximate surface area is 205 Å². The van der Waals surface area contributed by atoms with Crippen LogP contribution < -0.4 is 0 Å². The van der Waals surface area contributed by atoms with E-state index in [1.54, 1.807) is 30.9 Å². The summed E-state index contributed by atoms with van der Waals surface area (Å²) in [4.78, 5) is 29.1. The average molecular weight is 488 g/mol. The van der Waals surface area contributed by atoms with Crippen molar-refractivity contribution >= 4 is 35.4 Å². The van der Waals surface area contributed by atoms with Gasteiger partial charge in [-0.2, -0.15) is 0 Å². The van der Waals surface area contributed by atoms with E-state index in [1.165, 1.54) is 0 Å². The second kappa shape index (κ2) is 11.3. The molecule has 3 aromatic rings. The fourth-order valence-corrected chi connectivity index (χ4v) is 4.30. The minimum Gasteiger partial charge on any atom is -0.508 e. The van der Waals surface area contributed by atoms with Crippen LogP contribution in [0.25, 0.3) is 16.6 Å². The largest absolute Gasteiger partial charge is 0.508 e. The predicted molar refractivity (Wildman–Crippen MR) is 132 cm³/mol. The van der Waals surface area contributed by atoms with Gasteiger partial charge in [-0.25, -0.2) is 9.59 Å². The number of aromatic hydroxyl groups is 1. The Kier molecular flexibility index (Phi) is 8.41. The summed E-state index contributed by atoms with van der Waals surface area (Å²) in [5, 5.41) is 10.8. The fourth-order valence-electron chi connectivity index (χ4n) is 4.30. The fraction of sp³-hybridized carbons (Fsp3) is 0.360. The third-order valence-electron chi connectivity index (χ3n) is 5.81. The molecule has 0 unspecified atom stereocenters. The molecular weight excluding hydrogens is 458 g/mol. The summed E-state index contributed by atoms with van der Waals surface area (Å²) in [5.74, 6) is -0.323. The second-order valence-electron chi connectivity index (χ2n) is 7.88. The maximum Gasteiger partial charge on any atom is 0.409 e. The number of amides is 1. The van der Waals surface area contributed by atoms with Crippen LogP contribution in [0.2, 0.25) is 0 Å². The third-order valence-corrected chi connectivity index (χ3v) is 5.81.